The predicted octanol–water partition coefficient (Wildman–Crippen LogP) is 3.34. The number of aliphatic hydroxyl groups is 1. The smallest absolute Gasteiger partial charge is 0.243 e. The number of halogens is 3. The third-order valence-corrected chi connectivity index (χ3v) is 6.59. The first-order chi connectivity index (χ1) is 13.3. The molecule has 0 aliphatic heterocycles. The largest absolute Gasteiger partial charge is 0.396 e. The summed E-state index contributed by atoms with van der Waals surface area (Å²) < 4.78 is 27.2. The van der Waals surface area contributed by atoms with Crippen LogP contribution in [0.5, 0.6) is 0 Å². The second-order valence-electron chi connectivity index (χ2n) is 5.85. The maximum absolute atomic E-state index is 13.1. The molecule has 0 unspecified atom stereocenters. The third-order valence-electron chi connectivity index (χ3n) is 3.82. The van der Waals surface area contributed by atoms with Crippen molar-refractivity contribution in [1.29, 1.82) is 0 Å². The molecule has 0 saturated carbocycles. The maximum atomic E-state index is 13.1. The summed E-state index contributed by atoms with van der Waals surface area (Å²) in [7, 11) is -4.03. The van der Waals surface area contributed by atoms with E-state index in [0.29, 0.717) is 27.1 Å². The Balaban J connectivity index is 2.35. The summed E-state index contributed by atoms with van der Waals surface area (Å²) in [6.07, 6.45) is 0.367. The normalized spacial score (nSPS) is 11.6. The highest BCUT2D eigenvalue weighted by Gasteiger charge is 2.28. The second-order valence-corrected chi connectivity index (χ2v) is 9.04. The molecule has 0 aliphatic carbocycles. The zero-order valence-electron chi connectivity index (χ0n) is 14.7. The number of aliphatic hydroxyl groups excluding tert-OH is 1. The molecule has 28 heavy (non-hydrogen) atoms. The standard InChI is InChI=1S/C18H19Cl3N2O4S/c19-13-5-7-14(8-6-13)28(26,27)23(12-18(25)22-9-2-10-24)11-15-16(20)3-1-4-17(15)21/h1,3-8,24H,2,9-12H2,(H,22,25). The Morgan fingerprint density at radius 1 is 1.04 bits per heavy atom. The third kappa shape index (κ3) is 6.07. The summed E-state index contributed by atoms with van der Waals surface area (Å²) in [5, 5.41) is 12.4. The van der Waals surface area contributed by atoms with Gasteiger partial charge in [-0.15, -0.1) is 0 Å². The van der Waals surface area contributed by atoms with Gasteiger partial charge in [-0.25, -0.2) is 8.42 Å². The van der Waals surface area contributed by atoms with Crippen LogP contribution in [0.2, 0.25) is 15.1 Å². The molecule has 0 bridgehead atoms. The SMILES string of the molecule is O=C(CN(Cc1c(Cl)cccc1Cl)S(=O)(=O)c1ccc(Cl)cc1)NCCCO. The van der Waals surface area contributed by atoms with E-state index in [2.05, 4.69) is 5.32 Å². The summed E-state index contributed by atoms with van der Waals surface area (Å²) in [5.74, 6) is -0.505. The van der Waals surface area contributed by atoms with Crippen molar-refractivity contribution in [1.82, 2.24) is 9.62 Å². The molecule has 0 fully saturated rings. The number of sulfonamides is 1. The molecule has 1 amide bonds. The molecule has 6 nitrogen and oxygen atoms in total. The van der Waals surface area contributed by atoms with Gasteiger partial charge in [0.1, 0.15) is 0 Å². The van der Waals surface area contributed by atoms with Crippen LogP contribution < -0.4 is 5.32 Å². The van der Waals surface area contributed by atoms with Crippen molar-refractivity contribution in [2.24, 2.45) is 0 Å². The lowest BCUT2D eigenvalue weighted by Crippen LogP contribution is -2.40. The van der Waals surface area contributed by atoms with Crippen LogP contribution in [0.4, 0.5) is 0 Å². The van der Waals surface area contributed by atoms with E-state index in [1.54, 1.807) is 18.2 Å². The fourth-order valence-electron chi connectivity index (χ4n) is 2.36. The van der Waals surface area contributed by atoms with Crippen molar-refractivity contribution in [3.05, 3.63) is 63.1 Å². The minimum atomic E-state index is -4.03. The number of benzene rings is 2. The topological polar surface area (TPSA) is 86.7 Å². The van der Waals surface area contributed by atoms with Gasteiger partial charge in [0, 0.05) is 40.3 Å². The Labute approximate surface area is 179 Å². The number of hydrogen-bond donors (Lipinski definition) is 2. The summed E-state index contributed by atoms with van der Waals surface area (Å²) in [5.41, 5.74) is 0.395. The van der Waals surface area contributed by atoms with Crippen LogP contribution in [-0.2, 0) is 21.4 Å². The summed E-state index contributed by atoms with van der Waals surface area (Å²) in [6.45, 7) is -0.464. The average molecular weight is 466 g/mol. The number of hydrogen-bond acceptors (Lipinski definition) is 4. The first kappa shape index (κ1) is 22.9. The van der Waals surface area contributed by atoms with Gasteiger partial charge in [-0.2, -0.15) is 4.31 Å². The molecular formula is C18H19Cl3N2O4S. The molecule has 10 heteroatoms. The fraction of sp³-hybridized carbons (Fsp3) is 0.278. The van der Waals surface area contributed by atoms with Gasteiger partial charge in [0.05, 0.1) is 11.4 Å². The van der Waals surface area contributed by atoms with Crippen LogP contribution in [0.3, 0.4) is 0 Å². The zero-order chi connectivity index (χ0) is 20.7. The number of nitrogens with zero attached hydrogens (tertiary/aromatic N) is 1. The Morgan fingerprint density at radius 3 is 2.21 bits per heavy atom. The number of carbonyl (C=O) groups excluding carboxylic acids is 1. The Hall–Kier alpha value is -1.35. The summed E-state index contributed by atoms with van der Waals surface area (Å²) in [6, 6.07) is 10.5. The molecule has 0 aromatic heterocycles. The van der Waals surface area contributed by atoms with E-state index < -0.39 is 22.5 Å². The summed E-state index contributed by atoms with van der Waals surface area (Å²) in [4.78, 5) is 12.2. The van der Waals surface area contributed by atoms with E-state index in [-0.39, 0.29) is 24.6 Å². The number of amides is 1. The van der Waals surface area contributed by atoms with Gasteiger partial charge in [0.25, 0.3) is 0 Å². The van der Waals surface area contributed by atoms with E-state index >= 15 is 0 Å². The minimum absolute atomic E-state index is 0.0109. The molecule has 0 atom stereocenters. The molecule has 2 N–H and O–H groups in total. The highest BCUT2D eigenvalue weighted by Crippen LogP contribution is 2.28. The monoisotopic (exact) mass is 464 g/mol. The van der Waals surface area contributed by atoms with Crippen molar-refractivity contribution in [3.8, 4) is 0 Å². The van der Waals surface area contributed by atoms with Gasteiger partial charge in [0.15, 0.2) is 0 Å². The Kier molecular flexibility index (Phi) is 8.55. The summed E-state index contributed by atoms with van der Waals surface area (Å²) >= 11 is 18.2. The van der Waals surface area contributed by atoms with E-state index in [4.69, 9.17) is 39.9 Å². The van der Waals surface area contributed by atoms with Crippen molar-refractivity contribution in [3.63, 3.8) is 0 Å². The van der Waals surface area contributed by atoms with Gasteiger partial charge < -0.3 is 10.4 Å². The molecule has 0 radical (unpaired) electrons. The molecule has 0 heterocycles. The van der Waals surface area contributed by atoms with Gasteiger partial charge in [0.2, 0.25) is 15.9 Å². The number of rotatable bonds is 9. The second kappa shape index (κ2) is 10.4. The van der Waals surface area contributed by atoms with Crippen LogP contribution in [0.1, 0.15) is 12.0 Å². The van der Waals surface area contributed by atoms with Crippen LogP contribution in [0, 0.1) is 0 Å². The molecule has 0 saturated heterocycles. The fourth-order valence-corrected chi connectivity index (χ4v) is 4.37. The van der Waals surface area contributed by atoms with E-state index in [9.17, 15) is 13.2 Å². The van der Waals surface area contributed by atoms with E-state index in [1.165, 1.54) is 24.3 Å². The molecule has 0 aliphatic rings. The molecular weight excluding hydrogens is 447 g/mol. The first-order valence-electron chi connectivity index (χ1n) is 8.32. The lowest BCUT2D eigenvalue weighted by atomic mass is 10.2. The van der Waals surface area contributed by atoms with Gasteiger partial charge in [-0.1, -0.05) is 40.9 Å². The average Bonchev–Trinajstić information content (AvgIpc) is 2.64. The number of nitrogens with one attached hydrogen (secondary N) is 1. The molecule has 2 aromatic rings. The Morgan fingerprint density at radius 2 is 1.64 bits per heavy atom. The van der Waals surface area contributed by atoms with Crippen molar-refractivity contribution in [2.45, 2.75) is 17.9 Å². The number of carbonyl (C=O) groups is 1. The van der Waals surface area contributed by atoms with Crippen molar-refractivity contribution < 1.29 is 18.3 Å². The van der Waals surface area contributed by atoms with Crippen LogP contribution in [0.15, 0.2) is 47.4 Å². The van der Waals surface area contributed by atoms with Crippen LogP contribution in [-0.4, -0.2) is 43.4 Å². The van der Waals surface area contributed by atoms with Crippen molar-refractivity contribution in [2.75, 3.05) is 19.7 Å². The predicted molar refractivity (Wildman–Crippen MR) is 110 cm³/mol. The lowest BCUT2D eigenvalue weighted by molar-refractivity contribution is -0.121. The van der Waals surface area contributed by atoms with E-state index in [1.807, 2.05) is 0 Å². The molecule has 0 spiro atoms. The van der Waals surface area contributed by atoms with Crippen molar-refractivity contribution >= 4 is 50.7 Å². The van der Waals surface area contributed by atoms with Gasteiger partial charge >= 0.3 is 0 Å². The van der Waals surface area contributed by atoms with Crippen LogP contribution in [0.25, 0.3) is 0 Å². The molecule has 2 aromatic carbocycles. The first-order valence-corrected chi connectivity index (χ1v) is 10.9. The maximum Gasteiger partial charge on any atom is 0.243 e. The van der Waals surface area contributed by atoms with Crippen LogP contribution >= 0.6 is 34.8 Å². The van der Waals surface area contributed by atoms with Gasteiger partial charge in [-0.3, -0.25) is 4.79 Å². The van der Waals surface area contributed by atoms with Gasteiger partial charge in [-0.05, 0) is 42.8 Å². The lowest BCUT2D eigenvalue weighted by Gasteiger charge is -2.23. The highest BCUT2D eigenvalue weighted by atomic mass is 35.5. The molecule has 152 valence electrons. The Bertz CT molecular complexity index is 901. The van der Waals surface area contributed by atoms with E-state index in [0.717, 1.165) is 4.31 Å². The highest BCUT2D eigenvalue weighted by molar-refractivity contribution is 7.89. The quantitative estimate of drug-likeness (QED) is 0.556. The zero-order valence-corrected chi connectivity index (χ0v) is 17.8. The molecule has 2 rings (SSSR count). The minimum Gasteiger partial charge on any atom is -0.396 e.